The highest BCUT2D eigenvalue weighted by Gasteiger charge is 2.37. The van der Waals surface area contributed by atoms with Crippen LogP contribution in [0.2, 0.25) is 0 Å². The van der Waals surface area contributed by atoms with Crippen molar-refractivity contribution in [3.05, 3.63) is 0 Å². The van der Waals surface area contributed by atoms with Crippen LogP contribution in [0.25, 0.3) is 0 Å². The molecule has 1 atom stereocenters. The summed E-state index contributed by atoms with van der Waals surface area (Å²) < 4.78 is 0. The molecule has 9 heteroatoms. The van der Waals surface area contributed by atoms with Gasteiger partial charge in [-0.25, -0.2) is 4.99 Å². The summed E-state index contributed by atoms with van der Waals surface area (Å²) in [6.45, 7) is 2.59. The smallest absolute Gasteiger partial charge is 0.248 e. The lowest BCUT2D eigenvalue weighted by Gasteiger charge is -2.17. The highest BCUT2D eigenvalue weighted by molar-refractivity contribution is 8.16. The molecule has 0 aromatic carbocycles. The Morgan fingerprint density at radius 2 is 2.11 bits per heavy atom. The number of thioether (sulfide) groups is 1. The van der Waals surface area contributed by atoms with Gasteiger partial charge in [0.25, 0.3) is 0 Å². The predicted octanol–water partition coefficient (Wildman–Crippen LogP) is -0.975. The quantitative estimate of drug-likeness (QED) is 0.587. The van der Waals surface area contributed by atoms with Crippen LogP contribution in [0.1, 0.15) is 13.8 Å². The Morgan fingerprint density at radius 1 is 1.39 bits per heavy atom. The summed E-state index contributed by atoms with van der Waals surface area (Å²) >= 11 is 1.05. The Kier molecular flexibility index (Phi) is 3.24. The molecule has 2 rings (SSSR count). The van der Waals surface area contributed by atoms with Crippen LogP contribution in [0.5, 0.6) is 0 Å². The van der Waals surface area contributed by atoms with Crippen molar-refractivity contribution < 1.29 is 14.4 Å². The molecule has 2 N–H and O–H groups in total. The lowest BCUT2D eigenvalue weighted by molar-refractivity contribution is -0.118. The highest BCUT2D eigenvalue weighted by Crippen LogP contribution is 2.26. The van der Waals surface area contributed by atoms with Gasteiger partial charge in [0.2, 0.25) is 23.7 Å². The summed E-state index contributed by atoms with van der Waals surface area (Å²) in [7, 11) is 0. The van der Waals surface area contributed by atoms with E-state index in [9.17, 15) is 14.4 Å². The number of hydrogen-bond donors (Lipinski definition) is 2. The van der Waals surface area contributed by atoms with Gasteiger partial charge in [-0.1, -0.05) is 11.8 Å². The average molecular weight is 267 g/mol. The van der Waals surface area contributed by atoms with E-state index in [1.807, 2.05) is 0 Å². The van der Waals surface area contributed by atoms with Crippen molar-refractivity contribution in [3.8, 4) is 0 Å². The Labute approximate surface area is 106 Å². The Morgan fingerprint density at radius 3 is 2.72 bits per heavy atom. The van der Waals surface area contributed by atoms with Crippen LogP contribution < -0.4 is 10.6 Å². The van der Waals surface area contributed by atoms with Crippen LogP contribution in [0.15, 0.2) is 15.0 Å². The number of amidine groups is 2. The van der Waals surface area contributed by atoms with Gasteiger partial charge >= 0.3 is 0 Å². The standard InChI is InChI=1S/C9H9N5O3S/c1-3(15)10-8-12-6-5(7(17)14-8)18-9(13-6)11-4(2)16/h5H,1-2H3,(H2,10,11,12,13,14,15,16,17). The average Bonchev–Trinajstić information content (AvgIpc) is 2.58. The van der Waals surface area contributed by atoms with Crippen molar-refractivity contribution in [2.45, 2.75) is 19.1 Å². The second kappa shape index (κ2) is 4.69. The molecule has 8 nitrogen and oxygen atoms in total. The van der Waals surface area contributed by atoms with Crippen molar-refractivity contribution in [2.24, 2.45) is 15.0 Å². The van der Waals surface area contributed by atoms with E-state index in [0.717, 1.165) is 11.8 Å². The van der Waals surface area contributed by atoms with E-state index in [1.54, 1.807) is 0 Å². The minimum atomic E-state index is -0.624. The largest absolute Gasteiger partial charge is 0.296 e. The molecule has 2 aliphatic heterocycles. The normalized spacial score (nSPS) is 24.0. The van der Waals surface area contributed by atoms with Gasteiger partial charge in [-0.2, -0.15) is 9.98 Å². The topological polar surface area (TPSA) is 112 Å². The minimum absolute atomic E-state index is 0.0344. The molecule has 94 valence electrons. The minimum Gasteiger partial charge on any atom is -0.296 e. The maximum atomic E-state index is 11.7. The first-order valence-electron chi connectivity index (χ1n) is 4.97. The molecule has 2 aliphatic rings. The fraction of sp³-hybridized carbons (Fsp3) is 0.333. The lowest BCUT2D eigenvalue weighted by atomic mass is 10.3. The van der Waals surface area contributed by atoms with Gasteiger partial charge < -0.3 is 0 Å². The van der Waals surface area contributed by atoms with Crippen molar-refractivity contribution in [3.63, 3.8) is 0 Å². The van der Waals surface area contributed by atoms with Gasteiger partial charge in [0, 0.05) is 13.8 Å². The summed E-state index contributed by atoms with van der Waals surface area (Å²) in [5.41, 5.74) is 0. The fourth-order valence-corrected chi connectivity index (χ4v) is 2.25. The molecule has 3 amide bonds. The first-order valence-corrected chi connectivity index (χ1v) is 5.85. The third-order valence-corrected chi connectivity index (χ3v) is 2.98. The molecule has 18 heavy (non-hydrogen) atoms. The van der Waals surface area contributed by atoms with Gasteiger partial charge in [0.05, 0.1) is 0 Å². The van der Waals surface area contributed by atoms with Gasteiger partial charge in [-0.05, 0) is 0 Å². The fourth-order valence-electron chi connectivity index (χ4n) is 1.33. The SMILES string of the molecule is CC(=O)N=C1N=C2N=C(NC(C)=O)NC(=O)C2S1. The maximum Gasteiger partial charge on any atom is 0.248 e. The Hall–Kier alpha value is -2.03. The molecule has 0 bridgehead atoms. The van der Waals surface area contributed by atoms with Crippen LogP contribution in [0, 0.1) is 0 Å². The van der Waals surface area contributed by atoms with E-state index in [1.165, 1.54) is 13.8 Å². The number of nitrogens with zero attached hydrogens (tertiary/aromatic N) is 3. The van der Waals surface area contributed by atoms with Crippen LogP contribution in [0.3, 0.4) is 0 Å². The predicted molar refractivity (Wildman–Crippen MR) is 66.3 cm³/mol. The number of carbonyl (C=O) groups excluding carboxylic acids is 3. The number of amides is 3. The molecule has 0 saturated carbocycles. The van der Waals surface area contributed by atoms with E-state index in [0.29, 0.717) is 0 Å². The molecular weight excluding hydrogens is 258 g/mol. The number of nitrogens with one attached hydrogen (secondary N) is 2. The van der Waals surface area contributed by atoms with Crippen LogP contribution in [-0.2, 0) is 14.4 Å². The number of hydrogen-bond acceptors (Lipinski definition) is 5. The second-order valence-electron chi connectivity index (χ2n) is 3.51. The van der Waals surface area contributed by atoms with Gasteiger partial charge in [0.1, 0.15) is 0 Å². The van der Waals surface area contributed by atoms with Gasteiger partial charge in [-0.15, -0.1) is 0 Å². The number of carbonyl (C=O) groups is 3. The molecule has 1 unspecified atom stereocenters. The zero-order chi connectivity index (χ0) is 13.3. The first kappa shape index (κ1) is 12.4. The summed E-state index contributed by atoms with van der Waals surface area (Å²) in [5, 5.41) is 4.37. The number of guanidine groups is 1. The summed E-state index contributed by atoms with van der Waals surface area (Å²) in [5.74, 6) is -0.839. The molecule has 0 spiro atoms. The van der Waals surface area contributed by atoms with Gasteiger partial charge in [0.15, 0.2) is 16.3 Å². The summed E-state index contributed by atoms with van der Waals surface area (Å²) in [6, 6.07) is 0. The third kappa shape index (κ3) is 2.62. The maximum absolute atomic E-state index is 11.7. The van der Waals surface area contributed by atoms with Crippen molar-refractivity contribution in [1.82, 2.24) is 10.6 Å². The number of aliphatic imine (C=N–C) groups is 3. The highest BCUT2D eigenvalue weighted by atomic mass is 32.2. The van der Waals surface area contributed by atoms with Crippen molar-refractivity contribution in [1.29, 1.82) is 0 Å². The third-order valence-electron chi connectivity index (χ3n) is 1.92. The zero-order valence-electron chi connectivity index (χ0n) is 9.55. The zero-order valence-corrected chi connectivity index (χ0v) is 10.4. The molecule has 2 heterocycles. The lowest BCUT2D eigenvalue weighted by Crippen LogP contribution is -2.51. The monoisotopic (exact) mass is 267 g/mol. The summed E-state index contributed by atoms with van der Waals surface area (Å²) in [6.07, 6.45) is 0. The number of fused-ring (bicyclic) bond motifs is 1. The second-order valence-corrected chi connectivity index (χ2v) is 4.58. The molecule has 0 aliphatic carbocycles. The Balaban J connectivity index is 2.27. The van der Waals surface area contributed by atoms with Crippen molar-refractivity contribution >= 4 is 46.4 Å². The van der Waals surface area contributed by atoms with Crippen LogP contribution >= 0.6 is 11.8 Å². The molecule has 0 fully saturated rings. The molecule has 0 radical (unpaired) electrons. The van der Waals surface area contributed by atoms with E-state index in [-0.39, 0.29) is 28.8 Å². The molecule has 0 aromatic heterocycles. The molecule has 0 saturated heterocycles. The first-order chi connectivity index (χ1) is 8.45. The van der Waals surface area contributed by atoms with E-state index >= 15 is 0 Å². The Bertz CT molecular complexity index is 536. The van der Waals surface area contributed by atoms with E-state index < -0.39 is 11.2 Å². The van der Waals surface area contributed by atoms with Crippen LogP contribution in [-0.4, -0.2) is 39.9 Å². The molecular formula is C9H9N5O3S. The van der Waals surface area contributed by atoms with Gasteiger partial charge in [-0.3, -0.25) is 25.0 Å². The van der Waals surface area contributed by atoms with E-state index in [2.05, 4.69) is 25.6 Å². The number of rotatable bonds is 0. The van der Waals surface area contributed by atoms with Crippen LogP contribution in [0.4, 0.5) is 0 Å². The van der Waals surface area contributed by atoms with Crippen molar-refractivity contribution in [2.75, 3.05) is 0 Å². The summed E-state index contributed by atoms with van der Waals surface area (Å²) in [4.78, 5) is 45.0. The molecule has 0 aromatic rings. The van der Waals surface area contributed by atoms with E-state index in [4.69, 9.17) is 0 Å².